The number of carbonyl (C=O) groups is 3. The molecule has 2 aromatic carbocycles. The van der Waals surface area contributed by atoms with E-state index in [9.17, 15) is 19.2 Å². The van der Waals surface area contributed by atoms with Crippen molar-refractivity contribution in [2.24, 2.45) is 0 Å². The summed E-state index contributed by atoms with van der Waals surface area (Å²) in [6.45, 7) is 3.50. The highest BCUT2D eigenvalue weighted by atomic mass is 32.1. The molecule has 9 nitrogen and oxygen atoms in total. The number of anilines is 1. The van der Waals surface area contributed by atoms with Gasteiger partial charge in [0.15, 0.2) is 12.3 Å². The Morgan fingerprint density at radius 1 is 0.946 bits per heavy atom. The van der Waals surface area contributed by atoms with Crippen LogP contribution in [0.5, 0.6) is 0 Å². The zero-order valence-electron chi connectivity index (χ0n) is 20.4. The lowest BCUT2D eigenvalue weighted by Gasteiger charge is -2.11. The molecule has 37 heavy (non-hydrogen) atoms. The Labute approximate surface area is 216 Å². The summed E-state index contributed by atoms with van der Waals surface area (Å²) >= 11 is 1.17. The SMILES string of the molecule is CCCn1nc(C(=O)OCC(=O)Nc2scc(-c3ccccc3)c2C(=O)OCC)c2ccccc2c1=O. The van der Waals surface area contributed by atoms with Crippen molar-refractivity contribution < 1.29 is 23.9 Å². The number of nitrogens with one attached hydrogen (secondary N) is 1. The number of nitrogens with zero attached hydrogens (tertiary/aromatic N) is 2. The Kier molecular flexibility index (Phi) is 8.09. The molecule has 4 aromatic rings. The van der Waals surface area contributed by atoms with Gasteiger partial charge < -0.3 is 14.8 Å². The van der Waals surface area contributed by atoms with Crippen LogP contribution in [0.25, 0.3) is 21.9 Å². The molecular weight excluding hydrogens is 494 g/mol. The van der Waals surface area contributed by atoms with Gasteiger partial charge in [-0.2, -0.15) is 5.10 Å². The molecular formula is C27H25N3O6S. The third-order valence-corrected chi connectivity index (χ3v) is 6.33. The molecule has 0 aliphatic heterocycles. The number of fused-ring (bicyclic) bond motifs is 1. The van der Waals surface area contributed by atoms with E-state index >= 15 is 0 Å². The Morgan fingerprint density at radius 3 is 2.35 bits per heavy atom. The summed E-state index contributed by atoms with van der Waals surface area (Å²) in [5.74, 6) is -2.03. The van der Waals surface area contributed by atoms with E-state index < -0.39 is 24.5 Å². The molecule has 0 saturated carbocycles. The minimum atomic E-state index is -0.835. The van der Waals surface area contributed by atoms with Gasteiger partial charge in [0.2, 0.25) is 0 Å². The summed E-state index contributed by atoms with van der Waals surface area (Å²) in [6.07, 6.45) is 0.650. The summed E-state index contributed by atoms with van der Waals surface area (Å²) in [5, 5.41) is 9.58. The lowest BCUT2D eigenvalue weighted by Crippen LogP contribution is -2.27. The molecule has 1 amide bonds. The average Bonchev–Trinajstić information content (AvgIpc) is 3.33. The predicted molar refractivity (Wildman–Crippen MR) is 141 cm³/mol. The highest BCUT2D eigenvalue weighted by Crippen LogP contribution is 2.36. The maximum Gasteiger partial charge on any atom is 0.359 e. The van der Waals surface area contributed by atoms with Crippen LogP contribution in [0, 0.1) is 0 Å². The molecule has 2 aromatic heterocycles. The van der Waals surface area contributed by atoms with Crippen LogP contribution in [0.1, 0.15) is 41.1 Å². The minimum Gasteiger partial charge on any atom is -0.462 e. The van der Waals surface area contributed by atoms with Crippen LogP contribution in [-0.2, 0) is 20.8 Å². The van der Waals surface area contributed by atoms with Gasteiger partial charge in [-0.3, -0.25) is 9.59 Å². The van der Waals surface area contributed by atoms with E-state index in [4.69, 9.17) is 9.47 Å². The molecule has 4 rings (SSSR count). The van der Waals surface area contributed by atoms with Crippen molar-refractivity contribution in [3.05, 3.63) is 81.6 Å². The van der Waals surface area contributed by atoms with E-state index in [0.717, 1.165) is 5.56 Å². The molecule has 0 radical (unpaired) electrons. The molecule has 0 unspecified atom stereocenters. The number of thiophene rings is 1. The highest BCUT2D eigenvalue weighted by molar-refractivity contribution is 7.15. The van der Waals surface area contributed by atoms with Crippen molar-refractivity contribution in [3.63, 3.8) is 0 Å². The molecule has 10 heteroatoms. The standard InChI is InChI=1S/C27H25N3O6S/c1-3-14-30-25(32)19-13-9-8-12-18(19)23(29-30)27(34)36-15-21(31)28-24-22(26(33)35-4-2)20(16-37-24)17-10-6-5-7-11-17/h5-13,16H,3-4,14-15H2,1-2H3,(H,28,31). The van der Waals surface area contributed by atoms with E-state index in [1.54, 1.807) is 36.6 Å². The van der Waals surface area contributed by atoms with Crippen LogP contribution in [0.15, 0.2) is 64.8 Å². The quantitative estimate of drug-likeness (QED) is 0.324. The van der Waals surface area contributed by atoms with Gasteiger partial charge in [0.1, 0.15) is 10.6 Å². The molecule has 0 aliphatic carbocycles. The van der Waals surface area contributed by atoms with E-state index in [1.807, 2.05) is 37.3 Å². The molecule has 0 spiro atoms. The van der Waals surface area contributed by atoms with Crippen LogP contribution < -0.4 is 10.9 Å². The lowest BCUT2D eigenvalue weighted by atomic mass is 10.0. The third kappa shape index (κ3) is 5.59. The second-order valence-corrected chi connectivity index (χ2v) is 8.87. The number of hydrogen-bond donors (Lipinski definition) is 1. The van der Waals surface area contributed by atoms with Gasteiger partial charge in [-0.25, -0.2) is 14.3 Å². The summed E-state index contributed by atoms with van der Waals surface area (Å²) in [4.78, 5) is 50.9. The van der Waals surface area contributed by atoms with E-state index in [0.29, 0.717) is 34.3 Å². The number of esters is 2. The first-order valence-corrected chi connectivity index (χ1v) is 12.6. The zero-order chi connectivity index (χ0) is 26.4. The van der Waals surface area contributed by atoms with Crippen molar-refractivity contribution in [3.8, 4) is 11.1 Å². The van der Waals surface area contributed by atoms with E-state index in [1.165, 1.54) is 16.0 Å². The van der Waals surface area contributed by atoms with Gasteiger partial charge in [0, 0.05) is 22.9 Å². The zero-order valence-corrected chi connectivity index (χ0v) is 21.2. The van der Waals surface area contributed by atoms with Crippen LogP contribution >= 0.6 is 11.3 Å². The number of rotatable bonds is 9. The van der Waals surface area contributed by atoms with Gasteiger partial charge in [0.25, 0.3) is 11.5 Å². The summed E-state index contributed by atoms with van der Waals surface area (Å²) in [7, 11) is 0. The Morgan fingerprint density at radius 2 is 1.65 bits per heavy atom. The molecule has 2 heterocycles. The first-order chi connectivity index (χ1) is 17.9. The Hall–Kier alpha value is -4.31. The molecule has 0 saturated heterocycles. The van der Waals surface area contributed by atoms with Gasteiger partial charge in [0.05, 0.1) is 12.0 Å². The maximum absolute atomic E-state index is 12.9. The molecule has 0 bridgehead atoms. The molecule has 190 valence electrons. The summed E-state index contributed by atoms with van der Waals surface area (Å²) in [5.41, 5.74) is 1.31. The first kappa shape index (κ1) is 25.8. The summed E-state index contributed by atoms with van der Waals surface area (Å²) in [6, 6.07) is 15.9. The van der Waals surface area contributed by atoms with Crippen LogP contribution in [-0.4, -0.2) is 40.8 Å². The second kappa shape index (κ2) is 11.6. The van der Waals surface area contributed by atoms with Crippen molar-refractivity contribution >= 4 is 45.0 Å². The largest absolute Gasteiger partial charge is 0.462 e. The number of benzene rings is 2. The molecule has 0 aliphatic rings. The van der Waals surface area contributed by atoms with Gasteiger partial charge in [-0.1, -0.05) is 55.5 Å². The molecule has 0 fully saturated rings. The smallest absolute Gasteiger partial charge is 0.359 e. The van der Waals surface area contributed by atoms with Crippen LogP contribution in [0.4, 0.5) is 5.00 Å². The van der Waals surface area contributed by atoms with Crippen molar-refractivity contribution in [1.29, 1.82) is 0 Å². The predicted octanol–water partition coefficient (Wildman–Crippen LogP) is 4.51. The van der Waals surface area contributed by atoms with Crippen molar-refractivity contribution in [1.82, 2.24) is 9.78 Å². The fourth-order valence-electron chi connectivity index (χ4n) is 3.80. The van der Waals surface area contributed by atoms with Crippen molar-refractivity contribution in [2.75, 3.05) is 18.5 Å². The van der Waals surface area contributed by atoms with Crippen molar-refractivity contribution in [2.45, 2.75) is 26.8 Å². The lowest BCUT2D eigenvalue weighted by molar-refractivity contribution is -0.119. The van der Waals surface area contributed by atoms with Gasteiger partial charge in [-0.15, -0.1) is 11.3 Å². The average molecular weight is 520 g/mol. The Balaban J connectivity index is 1.54. The Bertz CT molecular complexity index is 1510. The fraction of sp³-hybridized carbons (Fsp3) is 0.222. The second-order valence-electron chi connectivity index (χ2n) is 7.99. The first-order valence-electron chi connectivity index (χ1n) is 11.7. The number of amides is 1. The third-order valence-electron chi connectivity index (χ3n) is 5.44. The minimum absolute atomic E-state index is 0.0499. The number of aromatic nitrogens is 2. The van der Waals surface area contributed by atoms with E-state index in [-0.39, 0.29) is 23.4 Å². The van der Waals surface area contributed by atoms with Gasteiger partial charge >= 0.3 is 11.9 Å². The molecule has 0 atom stereocenters. The van der Waals surface area contributed by atoms with Crippen LogP contribution in [0.3, 0.4) is 0 Å². The van der Waals surface area contributed by atoms with Crippen LogP contribution in [0.2, 0.25) is 0 Å². The monoisotopic (exact) mass is 519 g/mol. The number of aryl methyl sites for hydroxylation is 1. The normalized spacial score (nSPS) is 10.8. The van der Waals surface area contributed by atoms with E-state index in [2.05, 4.69) is 10.4 Å². The number of hydrogen-bond acceptors (Lipinski definition) is 8. The highest BCUT2D eigenvalue weighted by Gasteiger charge is 2.24. The number of carbonyl (C=O) groups excluding carboxylic acids is 3. The fourth-order valence-corrected chi connectivity index (χ4v) is 4.77. The topological polar surface area (TPSA) is 117 Å². The van der Waals surface area contributed by atoms with Gasteiger partial charge in [-0.05, 0) is 25.0 Å². The molecule has 1 N–H and O–H groups in total. The maximum atomic E-state index is 12.9. The summed E-state index contributed by atoms with van der Waals surface area (Å²) < 4.78 is 11.7. The number of ether oxygens (including phenoxy) is 2.